The van der Waals surface area contributed by atoms with Crippen LogP contribution in [0.25, 0.3) is 0 Å². The number of carbonyl (C=O) groups excluding carboxylic acids is 2. The molecular weight excluding hydrogens is 554 g/mol. The molecule has 2 N–H and O–H groups in total. The molecule has 0 saturated carbocycles. The summed E-state index contributed by atoms with van der Waals surface area (Å²) in [6, 6.07) is 9.22. The van der Waals surface area contributed by atoms with Crippen molar-refractivity contribution in [1.82, 2.24) is 0 Å². The number of benzene rings is 2. The molecule has 1 fully saturated rings. The molecule has 1 aliphatic rings. The van der Waals surface area contributed by atoms with Crippen LogP contribution in [0.4, 0.5) is 21.0 Å². The van der Waals surface area contributed by atoms with Crippen LogP contribution in [0.3, 0.4) is 0 Å². The van der Waals surface area contributed by atoms with E-state index in [1.54, 1.807) is 24.3 Å². The number of carbonyl (C=O) groups is 2. The van der Waals surface area contributed by atoms with Crippen LogP contribution in [0.15, 0.2) is 46.7 Å². The summed E-state index contributed by atoms with van der Waals surface area (Å²) in [7, 11) is 0. The van der Waals surface area contributed by atoms with Crippen LogP contribution in [-0.2, 0) is 9.68 Å². The van der Waals surface area contributed by atoms with E-state index in [2.05, 4.69) is 20.9 Å². The third kappa shape index (κ3) is 7.87. The second kappa shape index (κ2) is 11.5. The largest absolute Gasteiger partial charge is 0.437 e. The lowest BCUT2D eigenvalue weighted by Crippen LogP contribution is -2.22. The first-order valence-corrected chi connectivity index (χ1v) is 12.3. The van der Waals surface area contributed by atoms with Gasteiger partial charge in [-0.1, -0.05) is 80.2 Å². The highest BCUT2D eigenvalue weighted by atomic mass is 35.5. The molecule has 2 amide bonds. The predicted molar refractivity (Wildman–Crippen MR) is 138 cm³/mol. The minimum Gasteiger partial charge on any atom is -0.298 e. The summed E-state index contributed by atoms with van der Waals surface area (Å²) < 4.78 is -0.0230. The number of hydrogen-bond acceptors (Lipinski definition) is 8. The lowest BCUT2D eigenvalue weighted by molar-refractivity contribution is 0.166. The molecule has 0 aliphatic carbocycles. The Balaban J connectivity index is 1.46. The lowest BCUT2D eigenvalue weighted by atomic mass is 10.2. The molecule has 1 atom stereocenters. The Kier molecular flexibility index (Phi) is 9.02. The molecule has 0 radical (unpaired) electrons. The number of thioether (sulfide) groups is 2. The van der Waals surface area contributed by atoms with Gasteiger partial charge >= 0.3 is 12.2 Å². The summed E-state index contributed by atoms with van der Waals surface area (Å²) in [6.07, 6.45) is -0.107. The van der Waals surface area contributed by atoms with Crippen molar-refractivity contribution in [3.8, 4) is 0 Å². The normalized spacial score (nSPS) is 19.0. The first-order chi connectivity index (χ1) is 15.6. The topological polar surface area (TPSA) is 101 Å². The van der Waals surface area contributed by atoms with Crippen molar-refractivity contribution in [3.05, 3.63) is 56.5 Å². The first kappa shape index (κ1) is 25.8. The number of nitrogens with one attached hydrogen (secondary N) is 2. The molecule has 33 heavy (non-hydrogen) atoms. The fraction of sp³-hybridized carbons (Fsp3) is 0.158. The smallest absolute Gasteiger partial charge is 0.298 e. The first-order valence-electron chi connectivity index (χ1n) is 8.94. The van der Waals surface area contributed by atoms with Gasteiger partial charge in [0.15, 0.2) is 4.38 Å². The van der Waals surface area contributed by atoms with Gasteiger partial charge in [0.2, 0.25) is 0 Å². The molecular formula is C19H14Cl4N4O4S2. The maximum absolute atomic E-state index is 11.9. The van der Waals surface area contributed by atoms with Crippen molar-refractivity contribution >= 4 is 104 Å². The van der Waals surface area contributed by atoms with E-state index in [9.17, 15) is 9.59 Å². The summed E-state index contributed by atoms with van der Waals surface area (Å²) in [4.78, 5) is 33.5. The van der Waals surface area contributed by atoms with Gasteiger partial charge in [0.05, 0.1) is 31.1 Å². The van der Waals surface area contributed by atoms with Gasteiger partial charge in [-0.05, 0) is 43.3 Å². The SMILES string of the molecule is C[C@@]1(/C=N\OC(=O)Nc2ccc(Cl)c(Cl)c2)CS/C(=N/OC(=O)Nc2ccc(Cl)c(Cl)c2)S1. The molecule has 1 saturated heterocycles. The van der Waals surface area contributed by atoms with Crippen LogP contribution < -0.4 is 10.6 Å². The minimum absolute atomic E-state index is 0.296. The number of anilines is 2. The van der Waals surface area contributed by atoms with Gasteiger partial charge in [0.1, 0.15) is 0 Å². The third-order valence-corrected chi connectivity index (χ3v) is 8.09. The van der Waals surface area contributed by atoms with E-state index in [-0.39, 0.29) is 0 Å². The molecule has 1 heterocycles. The summed E-state index contributed by atoms with van der Waals surface area (Å²) in [5, 5.41) is 13.9. The van der Waals surface area contributed by atoms with Crippen molar-refractivity contribution in [3.63, 3.8) is 0 Å². The van der Waals surface area contributed by atoms with Gasteiger partial charge in [0.25, 0.3) is 0 Å². The molecule has 0 bridgehead atoms. The van der Waals surface area contributed by atoms with E-state index in [4.69, 9.17) is 56.1 Å². The second-order valence-corrected chi connectivity index (χ2v) is 10.9. The average Bonchev–Trinajstić information content (AvgIpc) is 3.13. The van der Waals surface area contributed by atoms with Crippen molar-refractivity contribution < 1.29 is 19.3 Å². The Morgan fingerprint density at radius 3 is 2.03 bits per heavy atom. The van der Waals surface area contributed by atoms with E-state index in [1.165, 1.54) is 41.9 Å². The number of oxime groups is 2. The maximum atomic E-state index is 11.9. The van der Waals surface area contributed by atoms with Crippen molar-refractivity contribution in [2.75, 3.05) is 16.4 Å². The molecule has 8 nitrogen and oxygen atoms in total. The number of amides is 2. The number of rotatable bonds is 5. The summed E-state index contributed by atoms with van der Waals surface area (Å²) >= 11 is 26.1. The van der Waals surface area contributed by atoms with Gasteiger partial charge in [-0.15, -0.1) is 0 Å². The summed E-state index contributed by atoms with van der Waals surface area (Å²) in [5.74, 6) is 0.565. The Morgan fingerprint density at radius 2 is 1.48 bits per heavy atom. The fourth-order valence-electron chi connectivity index (χ4n) is 2.27. The molecule has 0 spiro atoms. The van der Waals surface area contributed by atoms with E-state index < -0.39 is 16.9 Å². The number of hydrogen-bond donors (Lipinski definition) is 2. The van der Waals surface area contributed by atoms with Gasteiger partial charge < -0.3 is 0 Å². The molecule has 0 unspecified atom stereocenters. The van der Waals surface area contributed by atoms with E-state index in [1.807, 2.05) is 6.92 Å². The van der Waals surface area contributed by atoms with E-state index >= 15 is 0 Å². The zero-order valence-corrected chi connectivity index (χ0v) is 21.3. The second-order valence-electron chi connectivity index (χ2n) is 6.56. The van der Waals surface area contributed by atoms with Crippen LogP contribution in [-0.4, -0.2) is 33.3 Å². The summed E-state index contributed by atoms with van der Waals surface area (Å²) in [6.45, 7) is 1.87. The van der Waals surface area contributed by atoms with Gasteiger partial charge in [-0.25, -0.2) is 9.59 Å². The maximum Gasteiger partial charge on any atom is 0.437 e. The Hall–Kier alpha value is -1.82. The van der Waals surface area contributed by atoms with Crippen LogP contribution in [0, 0.1) is 0 Å². The average molecular weight is 568 g/mol. The molecule has 3 rings (SSSR count). The van der Waals surface area contributed by atoms with E-state index in [0.29, 0.717) is 41.6 Å². The lowest BCUT2D eigenvalue weighted by Gasteiger charge is -2.13. The van der Waals surface area contributed by atoms with Crippen LogP contribution in [0.1, 0.15) is 6.92 Å². The molecule has 0 aromatic heterocycles. The molecule has 2 aromatic carbocycles. The van der Waals surface area contributed by atoms with Gasteiger partial charge in [-0.3, -0.25) is 20.3 Å². The Labute approximate surface area is 217 Å². The van der Waals surface area contributed by atoms with Crippen LogP contribution >= 0.6 is 69.9 Å². The van der Waals surface area contributed by atoms with Crippen molar-refractivity contribution in [2.24, 2.45) is 10.3 Å². The monoisotopic (exact) mass is 566 g/mol. The molecule has 1 aliphatic heterocycles. The third-order valence-electron chi connectivity index (χ3n) is 3.80. The van der Waals surface area contributed by atoms with Crippen LogP contribution in [0.2, 0.25) is 20.1 Å². The highest BCUT2D eigenvalue weighted by Crippen LogP contribution is 2.41. The Morgan fingerprint density at radius 1 is 0.939 bits per heavy atom. The highest BCUT2D eigenvalue weighted by molar-refractivity contribution is 8.42. The minimum atomic E-state index is -0.792. The molecule has 14 heteroatoms. The number of nitrogens with zero attached hydrogens (tertiary/aromatic N) is 2. The zero-order valence-electron chi connectivity index (χ0n) is 16.6. The quantitative estimate of drug-likeness (QED) is 0.219. The van der Waals surface area contributed by atoms with Crippen LogP contribution in [0.5, 0.6) is 0 Å². The molecule has 2 aromatic rings. The van der Waals surface area contributed by atoms with Gasteiger partial charge in [-0.2, -0.15) is 0 Å². The molecule has 174 valence electrons. The summed E-state index contributed by atoms with van der Waals surface area (Å²) in [5.41, 5.74) is 0.821. The predicted octanol–water partition coefficient (Wildman–Crippen LogP) is 7.59. The zero-order chi connectivity index (χ0) is 24.0. The van der Waals surface area contributed by atoms with Gasteiger partial charge in [0, 0.05) is 17.1 Å². The standard InChI is InChI=1S/C19H14Cl4N4O4S2/c1-19(8-24-30-16(28)25-10-2-4-12(20)14(22)6-10)9-32-18(33-19)27-31-17(29)26-11-3-5-13(21)15(23)7-11/h2-8H,9H2,1H3,(H,25,28)(H,26,29)/b24-8-,27-18-/t19-/m1/s1. The number of halogens is 4. The highest BCUT2D eigenvalue weighted by Gasteiger charge is 2.34. The van der Waals surface area contributed by atoms with Crippen molar-refractivity contribution in [2.45, 2.75) is 11.7 Å². The van der Waals surface area contributed by atoms with Crippen molar-refractivity contribution in [1.29, 1.82) is 0 Å². The Bertz CT molecular complexity index is 1130. The fourth-order valence-corrected chi connectivity index (χ4v) is 5.40. The van der Waals surface area contributed by atoms with E-state index in [0.717, 1.165) is 0 Å².